The third kappa shape index (κ3) is 2.53. The van der Waals surface area contributed by atoms with E-state index in [1.54, 1.807) is 0 Å². The average molecular weight is 202 g/mol. The average Bonchev–Trinajstić information content (AvgIpc) is 2.16. The first-order chi connectivity index (χ1) is 7.15. The van der Waals surface area contributed by atoms with Crippen LogP contribution in [-0.2, 0) is 0 Å². The molecule has 81 valence electrons. The first-order valence-corrected chi connectivity index (χ1v) is 5.88. The molecule has 1 aliphatic heterocycles. The number of hydrogen-bond donors (Lipinski definition) is 0. The molecule has 2 atom stereocenters. The normalized spacial score (nSPS) is 26.7. The quantitative estimate of drug-likeness (QED) is 0.675. The fraction of sp³-hybridized carbons (Fsp3) is 0.571. The predicted molar refractivity (Wildman–Crippen MR) is 65.2 cm³/mol. The van der Waals surface area contributed by atoms with Crippen molar-refractivity contribution < 1.29 is 0 Å². The zero-order valence-electron chi connectivity index (χ0n) is 9.96. The maximum absolute atomic E-state index is 3.35. The zero-order valence-corrected chi connectivity index (χ0v) is 9.96. The number of benzene rings is 1. The van der Waals surface area contributed by atoms with Crippen LogP contribution in [0.2, 0.25) is 0 Å². The topological polar surface area (TPSA) is 3.24 Å². The molecule has 1 radical (unpaired) electrons. The Morgan fingerprint density at radius 1 is 1.27 bits per heavy atom. The van der Waals surface area contributed by atoms with Crippen LogP contribution in [-0.4, -0.2) is 13.1 Å². The van der Waals surface area contributed by atoms with Crippen molar-refractivity contribution in [3.63, 3.8) is 0 Å². The van der Waals surface area contributed by atoms with Gasteiger partial charge in [0.1, 0.15) is 0 Å². The lowest BCUT2D eigenvalue weighted by Crippen LogP contribution is -2.38. The summed E-state index contributed by atoms with van der Waals surface area (Å²) in [5, 5.41) is 0. The molecule has 0 saturated carbocycles. The highest BCUT2D eigenvalue weighted by Crippen LogP contribution is 2.26. The van der Waals surface area contributed by atoms with Crippen molar-refractivity contribution >= 4 is 5.69 Å². The van der Waals surface area contributed by atoms with Crippen molar-refractivity contribution in [2.75, 3.05) is 18.0 Å². The number of hydrogen-bond acceptors (Lipinski definition) is 1. The van der Waals surface area contributed by atoms with E-state index in [0.29, 0.717) is 0 Å². The van der Waals surface area contributed by atoms with Crippen molar-refractivity contribution in [1.29, 1.82) is 0 Å². The monoisotopic (exact) mass is 202 g/mol. The second kappa shape index (κ2) is 4.26. The molecule has 0 spiro atoms. The molecule has 0 bridgehead atoms. The first kappa shape index (κ1) is 10.5. The Hall–Kier alpha value is -0.980. The Balaban J connectivity index is 2.16. The van der Waals surface area contributed by atoms with E-state index in [-0.39, 0.29) is 0 Å². The van der Waals surface area contributed by atoms with Gasteiger partial charge in [0, 0.05) is 24.8 Å². The molecular weight excluding hydrogens is 182 g/mol. The van der Waals surface area contributed by atoms with E-state index < -0.39 is 0 Å². The minimum absolute atomic E-state index is 0.808. The largest absolute Gasteiger partial charge is 0.370 e. The summed E-state index contributed by atoms with van der Waals surface area (Å²) in [6, 6.07) is 9.73. The predicted octanol–water partition coefficient (Wildman–Crippen LogP) is 3.28. The van der Waals surface area contributed by atoms with E-state index in [4.69, 9.17) is 0 Å². The summed E-state index contributed by atoms with van der Waals surface area (Å²) in [7, 11) is 0. The van der Waals surface area contributed by atoms with Crippen LogP contribution in [0.3, 0.4) is 0 Å². The van der Waals surface area contributed by atoms with Gasteiger partial charge < -0.3 is 4.90 Å². The number of rotatable bonds is 1. The van der Waals surface area contributed by atoms with Gasteiger partial charge in [0.05, 0.1) is 0 Å². The second-order valence-electron chi connectivity index (χ2n) is 5.10. The summed E-state index contributed by atoms with van der Waals surface area (Å²) in [6.45, 7) is 9.21. The first-order valence-electron chi connectivity index (χ1n) is 5.88. The van der Waals surface area contributed by atoms with Crippen LogP contribution < -0.4 is 4.90 Å². The maximum Gasteiger partial charge on any atom is 0.0449 e. The summed E-state index contributed by atoms with van der Waals surface area (Å²) >= 11 is 0. The molecule has 1 heterocycles. The van der Waals surface area contributed by atoms with Crippen molar-refractivity contribution in [2.45, 2.75) is 27.2 Å². The highest BCUT2D eigenvalue weighted by Gasteiger charge is 2.21. The Labute approximate surface area is 93.1 Å². The van der Waals surface area contributed by atoms with Gasteiger partial charge in [-0.25, -0.2) is 0 Å². The smallest absolute Gasteiger partial charge is 0.0449 e. The molecule has 0 amide bonds. The summed E-state index contributed by atoms with van der Waals surface area (Å²) in [5.41, 5.74) is 2.60. The van der Waals surface area contributed by atoms with E-state index in [0.717, 1.165) is 11.8 Å². The molecule has 0 aromatic heterocycles. The summed E-state index contributed by atoms with van der Waals surface area (Å²) in [4.78, 5) is 2.48. The number of nitrogens with zero attached hydrogens (tertiary/aromatic N) is 1. The van der Waals surface area contributed by atoms with Crippen molar-refractivity contribution in [3.05, 3.63) is 29.8 Å². The second-order valence-corrected chi connectivity index (χ2v) is 5.10. The molecule has 0 N–H and O–H groups in total. The minimum Gasteiger partial charge on any atom is -0.370 e. The van der Waals surface area contributed by atoms with Crippen LogP contribution in [0.15, 0.2) is 18.2 Å². The molecule has 2 unspecified atom stereocenters. The molecule has 1 fully saturated rings. The lowest BCUT2D eigenvalue weighted by molar-refractivity contribution is 0.357. The Bertz CT molecular complexity index is 322. The number of aryl methyl sites for hydroxylation is 1. The van der Waals surface area contributed by atoms with Gasteiger partial charge in [-0.2, -0.15) is 0 Å². The molecule has 1 heteroatoms. The van der Waals surface area contributed by atoms with E-state index in [1.807, 2.05) is 6.07 Å². The number of piperidine rings is 1. The van der Waals surface area contributed by atoms with Gasteiger partial charge in [0.25, 0.3) is 0 Å². The molecule has 1 aromatic carbocycles. The standard InChI is InChI=1S/C14H20N/c1-11-5-4-6-14(8-11)15-9-12(2)7-13(3)10-15/h4-5,8,12-13H,7,9-10H2,1-3H3. The fourth-order valence-corrected chi connectivity index (χ4v) is 2.61. The molecule has 1 saturated heterocycles. The van der Waals surface area contributed by atoms with Crippen LogP contribution >= 0.6 is 0 Å². The highest BCUT2D eigenvalue weighted by molar-refractivity contribution is 5.47. The molecule has 1 aromatic rings. The third-order valence-electron chi connectivity index (χ3n) is 3.15. The molecule has 0 aliphatic carbocycles. The van der Waals surface area contributed by atoms with E-state index in [2.05, 4.69) is 43.9 Å². The van der Waals surface area contributed by atoms with Gasteiger partial charge in [0.15, 0.2) is 0 Å². The van der Waals surface area contributed by atoms with E-state index in [1.165, 1.54) is 30.8 Å². The molecule has 2 rings (SSSR count). The van der Waals surface area contributed by atoms with Crippen molar-refractivity contribution in [2.24, 2.45) is 11.8 Å². The number of anilines is 1. The minimum atomic E-state index is 0.808. The van der Waals surface area contributed by atoms with Gasteiger partial charge in [0.2, 0.25) is 0 Å². The molecular formula is C14H20N. The van der Waals surface area contributed by atoms with Crippen LogP contribution in [0.1, 0.15) is 25.8 Å². The highest BCUT2D eigenvalue weighted by atomic mass is 15.1. The fourth-order valence-electron chi connectivity index (χ4n) is 2.61. The Morgan fingerprint density at radius 2 is 1.93 bits per heavy atom. The van der Waals surface area contributed by atoms with Gasteiger partial charge in [-0.05, 0) is 36.8 Å². The maximum atomic E-state index is 3.35. The van der Waals surface area contributed by atoms with Crippen molar-refractivity contribution in [1.82, 2.24) is 0 Å². The van der Waals surface area contributed by atoms with Gasteiger partial charge in [-0.3, -0.25) is 0 Å². The van der Waals surface area contributed by atoms with Gasteiger partial charge >= 0.3 is 0 Å². The van der Waals surface area contributed by atoms with E-state index in [9.17, 15) is 0 Å². The van der Waals surface area contributed by atoms with Crippen LogP contribution in [0.5, 0.6) is 0 Å². The van der Waals surface area contributed by atoms with Crippen LogP contribution in [0.25, 0.3) is 0 Å². The molecule has 1 aliphatic rings. The van der Waals surface area contributed by atoms with E-state index >= 15 is 0 Å². The zero-order chi connectivity index (χ0) is 10.8. The summed E-state index contributed by atoms with van der Waals surface area (Å²) in [6.07, 6.45) is 1.36. The van der Waals surface area contributed by atoms with Crippen LogP contribution in [0.4, 0.5) is 5.69 Å². The van der Waals surface area contributed by atoms with Crippen LogP contribution in [0, 0.1) is 24.8 Å². The molecule has 1 nitrogen and oxygen atoms in total. The van der Waals surface area contributed by atoms with Gasteiger partial charge in [-0.1, -0.05) is 26.0 Å². The summed E-state index contributed by atoms with van der Waals surface area (Å²) < 4.78 is 0. The third-order valence-corrected chi connectivity index (χ3v) is 3.15. The SMILES string of the molecule is Cc1cc[c]c(N2CC(C)CC(C)C2)c1. The Kier molecular flexibility index (Phi) is 2.99. The molecule has 15 heavy (non-hydrogen) atoms. The van der Waals surface area contributed by atoms with Crippen molar-refractivity contribution in [3.8, 4) is 0 Å². The summed E-state index contributed by atoms with van der Waals surface area (Å²) in [5.74, 6) is 1.62. The van der Waals surface area contributed by atoms with Gasteiger partial charge in [-0.15, -0.1) is 0 Å². The lowest BCUT2D eigenvalue weighted by Gasteiger charge is -2.36. The lowest BCUT2D eigenvalue weighted by atomic mass is 9.91. The Morgan fingerprint density at radius 3 is 2.53 bits per heavy atom.